The maximum absolute atomic E-state index is 11.5. The molecule has 0 N–H and O–H groups in total. The van der Waals surface area contributed by atoms with E-state index in [2.05, 4.69) is 0 Å². The topological polar surface area (TPSA) is 52.6 Å². The largest absolute Gasteiger partial charge is 0.466 e. The second-order valence-corrected chi connectivity index (χ2v) is 3.41. The Morgan fingerprint density at radius 2 is 1.82 bits per heavy atom. The Kier molecular flexibility index (Phi) is 5.79. The summed E-state index contributed by atoms with van der Waals surface area (Å²) in [6.07, 6.45) is 0.757. The zero-order valence-electron chi connectivity index (χ0n) is 9.85. The maximum atomic E-state index is 11.5. The third-order valence-corrected chi connectivity index (χ3v) is 2.07. The predicted octanol–water partition coefficient (Wildman–Crippen LogP) is 2.19. The number of ether oxygens (including phenoxy) is 2. The molecule has 4 heteroatoms. The maximum Gasteiger partial charge on any atom is 0.338 e. The van der Waals surface area contributed by atoms with Crippen LogP contribution in [0.4, 0.5) is 0 Å². The van der Waals surface area contributed by atoms with Gasteiger partial charge in [0.1, 0.15) is 0 Å². The van der Waals surface area contributed by atoms with E-state index in [-0.39, 0.29) is 25.0 Å². The van der Waals surface area contributed by atoms with Crippen molar-refractivity contribution in [2.75, 3.05) is 13.2 Å². The summed E-state index contributed by atoms with van der Waals surface area (Å²) in [7, 11) is 0. The van der Waals surface area contributed by atoms with E-state index >= 15 is 0 Å². The van der Waals surface area contributed by atoms with Crippen LogP contribution in [0.25, 0.3) is 0 Å². The Bertz CT molecular complexity index is 359. The molecule has 1 aromatic rings. The Morgan fingerprint density at radius 3 is 2.47 bits per heavy atom. The molecule has 92 valence electrons. The molecule has 0 aliphatic heterocycles. The van der Waals surface area contributed by atoms with Crippen molar-refractivity contribution in [2.45, 2.75) is 19.8 Å². The summed E-state index contributed by atoms with van der Waals surface area (Å²) in [6.45, 7) is 2.36. The number of rotatable bonds is 6. The normalized spacial score (nSPS) is 9.71. The zero-order chi connectivity index (χ0) is 12.5. The van der Waals surface area contributed by atoms with Gasteiger partial charge in [0.25, 0.3) is 0 Å². The van der Waals surface area contributed by atoms with Gasteiger partial charge in [0.15, 0.2) is 0 Å². The molecule has 0 saturated heterocycles. The van der Waals surface area contributed by atoms with Crippen LogP contribution in [0.1, 0.15) is 30.1 Å². The standard InChI is InChI=1S/C13H16O4/c1-2-16-12(14)9-6-10-17-13(15)11-7-4-3-5-8-11/h3-5,7-8H,2,6,9-10H2,1H3. The number of benzene rings is 1. The van der Waals surface area contributed by atoms with Gasteiger partial charge in [-0.3, -0.25) is 4.79 Å². The van der Waals surface area contributed by atoms with Crippen molar-refractivity contribution in [3.05, 3.63) is 35.9 Å². The lowest BCUT2D eigenvalue weighted by atomic mass is 10.2. The van der Waals surface area contributed by atoms with Gasteiger partial charge in [0.2, 0.25) is 0 Å². The van der Waals surface area contributed by atoms with E-state index in [1.807, 2.05) is 6.07 Å². The molecule has 1 aromatic carbocycles. The van der Waals surface area contributed by atoms with Gasteiger partial charge in [-0.2, -0.15) is 0 Å². The van der Waals surface area contributed by atoms with Crippen LogP contribution in [0, 0.1) is 0 Å². The van der Waals surface area contributed by atoms with E-state index in [1.54, 1.807) is 31.2 Å². The van der Waals surface area contributed by atoms with E-state index in [0.29, 0.717) is 18.6 Å². The molecule has 0 radical (unpaired) electrons. The van der Waals surface area contributed by atoms with E-state index in [0.717, 1.165) is 0 Å². The third-order valence-electron chi connectivity index (χ3n) is 2.07. The molecular weight excluding hydrogens is 220 g/mol. The van der Waals surface area contributed by atoms with Crippen LogP contribution in [-0.4, -0.2) is 25.2 Å². The molecule has 0 aliphatic carbocycles. The minimum Gasteiger partial charge on any atom is -0.466 e. The first-order valence-electron chi connectivity index (χ1n) is 5.62. The Balaban J connectivity index is 2.19. The van der Waals surface area contributed by atoms with E-state index in [1.165, 1.54) is 0 Å². The molecule has 0 saturated carbocycles. The van der Waals surface area contributed by atoms with Gasteiger partial charge in [-0.25, -0.2) is 4.79 Å². The highest BCUT2D eigenvalue weighted by atomic mass is 16.5. The van der Waals surface area contributed by atoms with Crippen molar-refractivity contribution in [1.82, 2.24) is 0 Å². The van der Waals surface area contributed by atoms with Gasteiger partial charge < -0.3 is 9.47 Å². The lowest BCUT2D eigenvalue weighted by Crippen LogP contribution is -2.09. The molecule has 1 rings (SSSR count). The molecule has 4 nitrogen and oxygen atoms in total. The molecule has 0 spiro atoms. The smallest absolute Gasteiger partial charge is 0.338 e. The fourth-order valence-corrected chi connectivity index (χ4v) is 1.27. The highest BCUT2D eigenvalue weighted by molar-refractivity contribution is 5.89. The fourth-order valence-electron chi connectivity index (χ4n) is 1.27. The summed E-state index contributed by atoms with van der Waals surface area (Å²) in [5.41, 5.74) is 0.517. The molecule has 0 bridgehead atoms. The average molecular weight is 236 g/mol. The highest BCUT2D eigenvalue weighted by Crippen LogP contribution is 2.02. The molecule has 0 aromatic heterocycles. The second-order valence-electron chi connectivity index (χ2n) is 3.41. The minimum atomic E-state index is -0.366. The van der Waals surface area contributed by atoms with E-state index < -0.39 is 0 Å². The summed E-state index contributed by atoms with van der Waals surface area (Å²) in [4.78, 5) is 22.5. The van der Waals surface area contributed by atoms with Crippen LogP contribution in [0.2, 0.25) is 0 Å². The predicted molar refractivity (Wildman–Crippen MR) is 62.6 cm³/mol. The summed E-state index contributed by atoms with van der Waals surface area (Å²) < 4.78 is 9.76. The molecule has 0 amide bonds. The Hall–Kier alpha value is -1.84. The van der Waals surface area contributed by atoms with E-state index in [9.17, 15) is 9.59 Å². The van der Waals surface area contributed by atoms with Crippen LogP contribution in [0.5, 0.6) is 0 Å². The number of carbonyl (C=O) groups excluding carboxylic acids is 2. The zero-order valence-corrected chi connectivity index (χ0v) is 9.85. The molecule has 0 heterocycles. The van der Waals surface area contributed by atoms with Crippen molar-refractivity contribution in [1.29, 1.82) is 0 Å². The summed E-state index contributed by atoms with van der Waals surface area (Å²) in [6, 6.07) is 8.75. The molecule has 0 aliphatic rings. The van der Waals surface area contributed by atoms with Crippen molar-refractivity contribution in [3.8, 4) is 0 Å². The Morgan fingerprint density at radius 1 is 1.12 bits per heavy atom. The summed E-state index contributed by atoms with van der Waals surface area (Å²) in [5, 5.41) is 0. The van der Waals surface area contributed by atoms with Gasteiger partial charge >= 0.3 is 11.9 Å². The van der Waals surface area contributed by atoms with Crippen molar-refractivity contribution >= 4 is 11.9 Å². The van der Waals surface area contributed by atoms with Gasteiger partial charge in [0, 0.05) is 6.42 Å². The van der Waals surface area contributed by atoms with Crippen LogP contribution >= 0.6 is 0 Å². The Labute approximate surface area is 101 Å². The second kappa shape index (κ2) is 7.44. The molecule has 0 atom stereocenters. The van der Waals surface area contributed by atoms with Gasteiger partial charge in [-0.05, 0) is 25.5 Å². The lowest BCUT2D eigenvalue weighted by molar-refractivity contribution is -0.143. The van der Waals surface area contributed by atoms with Crippen molar-refractivity contribution in [2.24, 2.45) is 0 Å². The van der Waals surface area contributed by atoms with Gasteiger partial charge in [-0.1, -0.05) is 18.2 Å². The summed E-state index contributed by atoms with van der Waals surface area (Å²) in [5.74, 6) is -0.627. The van der Waals surface area contributed by atoms with Crippen molar-refractivity contribution in [3.63, 3.8) is 0 Å². The SMILES string of the molecule is CCOC(=O)CCCOC(=O)c1ccccc1. The van der Waals surface area contributed by atoms with E-state index in [4.69, 9.17) is 9.47 Å². The quantitative estimate of drug-likeness (QED) is 0.561. The minimum absolute atomic E-state index is 0.229. The number of carbonyl (C=O) groups is 2. The number of hydrogen-bond acceptors (Lipinski definition) is 4. The highest BCUT2D eigenvalue weighted by Gasteiger charge is 2.06. The van der Waals surface area contributed by atoms with Crippen LogP contribution < -0.4 is 0 Å². The summed E-state index contributed by atoms with van der Waals surface area (Å²) >= 11 is 0. The lowest BCUT2D eigenvalue weighted by Gasteiger charge is -2.04. The number of esters is 2. The third kappa shape index (κ3) is 5.15. The first kappa shape index (κ1) is 13.2. The average Bonchev–Trinajstić information content (AvgIpc) is 2.36. The van der Waals surface area contributed by atoms with Crippen LogP contribution in [-0.2, 0) is 14.3 Å². The molecule has 17 heavy (non-hydrogen) atoms. The fraction of sp³-hybridized carbons (Fsp3) is 0.385. The van der Waals surface area contributed by atoms with Crippen LogP contribution in [0.3, 0.4) is 0 Å². The van der Waals surface area contributed by atoms with Gasteiger partial charge in [0.05, 0.1) is 18.8 Å². The first-order chi connectivity index (χ1) is 8.24. The first-order valence-corrected chi connectivity index (χ1v) is 5.62. The molecule has 0 fully saturated rings. The van der Waals surface area contributed by atoms with Crippen molar-refractivity contribution < 1.29 is 19.1 Å². The molecular formula is C13H16O4. The van der Waals surface area contributed by atoms with Gasteiger partial charge in [-0.15, -0.1) is 0 Å². The van der Waals surface area contributed by atoms with Crippen LogP contribution in [0.15, 0.2) is 30.3 Å². The monoisotopic (exact) mass is 236 g/mol. The number of hydrogen-bond donors (Lipinski definition) is 0. The molecule has 0 unspecified atom stereocenters.